The number of nitrogen functional groups attached to an aromatic ring is 1. The van der Waals surface area contributed by atoms with E-state index >= 15 is 0 Å². The predicted octanol–water partition coefficient (Wildman–Crippen LogP) is 5.60. The fraction of sp³-hybridized carbons (Fsp3) is 0.0870. The molecular formula is C23H16F4N4O. The number of rotatable bonds is 3. The van der Waals surface area contributed by atoms with Crippen molar-refractivity contribution in [2.24, 2.45) is 0 Å². The van der Waals surface area contributed by atoms with Crippen LogP contribution in [0.25, 0.3) is 22.0 Å². The first-order valence-corrected chi connectivity index (χ1v) is 9.43. The van der Waals surface area contributed by atoms with Crippen LogP contribution >= 0.6 is 0 Å². The number of amides is 1. The van der Waals surface area contributed by atoms with Gasteiger partial charge in [-0.1, -0.05) is 12.1 Å². The zero-order valence-electron chi connectivity index (χ0n) is 16.7. The maximum absolute atomic E-state index is 14.0. The molecule has 0 unspecified atom stereocenters. The number of nitrogens with zero attached hydrogens (tertiary/aromatic N) is 2. The number of benzene rings is 3. The number of hydrogen-bond acceptors (Lipinski definition) is 4. The standard InChI is InChI=1S/C23H16F4N4O/c1-12-2-3-14(22(32)31-20-10-15(23(25,26)27)5-6-18(20)24)9-16(12)13-4-7-19-17(8-13)21(28)30-11-29-19/h2-11H,1H3,(H,31,32)(H2,28,29,30). The van der Waals surface area contributed by atoms with Crippen LogP contribution in [0.4, 0.5) is 29.1 Å². The van der Waals surface area contributed by atoms with Gasteiger partial charge in [0.05, 0.1) is 16.8 Å². The van der Waals surface area contributed by atoms with E-state index in [1.807, 2.05) is 13.0 Å². The molecule has 0 fully saturated rings. The van der Waals surface area contributed by atoms with E-state index in [1.54, 1.807) is 24.3 Å². The maximum atomic E-state index is 14.0. The van der Waals surface area contributed by atoms with Crippen LogP contribution < -0.4 is 11.1 Å². The highest BCUT2D eigenvalue weighted by atomic mass is 19.4. The van der Waals surface area contributed by atoms with E-state index < -0.39 is 29.2 Å². The molecule has 1 amide bonds. The third kappa shape index (κ3) is 4.09. The molecule has 0 aliphatic rings. The molecule has 4 rings (SSSR count). The number of fused-ring (bicyclic) bond motifs is 1. The molecule has 0 radical (unpaired) electrons. The first-order valence-electron chi connectivity index (χ1n) is 9.43. The lowest BCUT2D eigenvalue weighted by Gasteiger charge is -2.13. The average molecular weight is 440 g/mol. The second-order valence-electron chi connectivity index (χ2n) is 7.17. The van der Waals surface area contributed by atoms with Gasteiger partial charge in [0.1, 0.15) is 18.0 Å². The molecule has 0 saturated heterocycles. The summed E-state index contributed by atoms with van der Waals surface area (Å²) in [6.45, 7) is 1.85. The van der Waals surface area contributed by atoms with Crippen molar-refractivity contribution < 1.29 is 22.4 Å². The first-order chi connectivity index (χ1) is 15.1. The number of nitrogens with one attached hydrogen (secondary N) is 1. The van der Waals surface area contributed by atoms with Crippen molar-refractivity contribution >= 4 is 28.3 Å². The van der Waals surface area contributed by atoms with Gasteiger partial charge in [-0.3, -0.25) is 4.79 Å². The summed E-state index contributed by atoms with van der Waals surface area (Å²) >= 11 is 0. The second kappa shape index (κ2) is 7.92. The lowest BCUT2D eigenvalue weighted by atomic mass is 9.96. The largest absolute Gasteiger partial charge is 0.416 e. The van der Waals surface area contributed by atoms with Gasteiger partial charge in [-0.2, -0.15) is 13.2 Å². The minimum absolute atomic E-state index is 0.153. The molecule has 5 nitrogen and oxygen atoms in total. The number of aryl methyl sites for hydroxylation is 1. The van der Waals surface area contributed by atoms with Gasteiger partial charge in [0.25, 0.3) is 5.91 Å². The third-order valence-electron chi connectivity index (χ3n) is 5.02. The fourth-order valence-electron chi connectivity index (χ4n) is 3.31. The molecule has 3 N–H and O–H groups in total. The molecule has 0 aliphatic heterocycles. The van der Waals surface area contributed by atoms with E-state index in [-0.39, 0.29) is 5.56 Å². The number of carbonyl (C=O) groups excluding carboxylic acids is 1. The molecule has 1 aromatic heterocycles. The fourth-order valence-corrected chi connectivity index (χ4v) is 3.31. The first kappa shape index (κ1) is 21.2. The zero-order valence-corrected chi connectivity index (χ0v) is 16.7. The third-order valence-corrected chi connectivity index (χ3v) is 5.02. The molecule has 3 aromatic carbocycles. The molecule has 162 valence electrons. The summed E-state index contributed by atoms with van der Waals surface area (Å²) in [5.74, 6) is -1.40. The Morgan fingerprint density at radius 1 is 1.00 bits per heavy atom. The second-order valence-corrected chi connectivity index (χ2v) is 7.17. The van der Waals surface area contributed by atoms with Crippen molar-refractivity contribution in [2.45, 2.75) is 13.1 Å². The minimum Gasteiger partial charge on any atom is -0.383 e. The van der Waals surface area contributed by atoms with Crippen LogP contribution in [0.5, 0.6) is 0 Å². The van der Waals surface area contributed by atoms with Crippen molar-refractivity contribution in [3.63, 3.8) is 0 Å². The maximum Gasteiger partial charge on any atom is 0.416 e. The van der Waals surface area contributed by atoms with E-state index in [0.717, 1.165) is 11.1 Å². The van der Waals surface area contributed by atoms with Crippen LogP contribution in [0.15, 0.2) is 60.9 Å². The monoisotopic (exact) mass is 440 g/mol. The Kier molecular flexibility index (Phi) is 5.25. The summed E-state index contributed by atoms with van der Waals surface area (Å²) in [5, 5.41) is 2.87. The van der Waals surface area contributed by atoms with Crippen molar-refractivity contribution in [3.8, 4) is 11.1 Å². The van der Waals surface area contributed by atoms with E-state index in [2.05, 4.69) is 15.3 Å². The van der Waals surface area contributed by atoms with Gasteiger partial charge in [0, 0.05) is 10.9 Å². The van der Waals surface area contributed by atoms with E-state index in [9.17, 15) is 22.4 Å². The smallest absolute Gasteiger partial charge is 0.383 e. The topological polar surface area (TPSA) is 80.9 Å². The number of carbonyl (C=O) groups is 1. The van der Waals surface area contributed by atoms with Gasteiger partial charge < -0.3 is 11.1 Å². The van der Waals surface area contributed by atoms with E-state index in [0.29, 0.717) is 40.5 Å². The van der Waals surface area contributed by atoms with Crippen molar-refractivity contribution in [3.05, 3.63) is 83.4 Å². The number of hydrogen-bond donors (Lipinski definition) is 2. The molecule has 0 aliphatic carbocycles. The highest BCUT2D eigenvalue weighted by Gasteiger charge is 2.31. The predicted molar refractivity (Wildman–Crippen MR) is 113 cm³/mol. The van der Waals surface area contributed by atoms with E-state index in [4.69, 9.17) is 5.73 Å². The van der Waals surface area contributed by atoms with Crippen LogP contribution in [0.2, 0.25) is 0 Å². The molecule has 0 bridgehead atoms. The van der Waals surface area contributed by atoms with Crippen LogP contribution in [-0.2, 0) is 6.18 Å². The number of nitrogens with two attached hydrogens (primary N) is 1. The normalized spacial score (nSPS) is 11.5. The van der Waals surface area contributed by atoms with Gasteiger partial charge in [-0.15, -0.1) is 0 Å². The molecule has 0 spiro atoms. The van der Waals surface area contributed by atoms with Gasteiger partial charge in [-0.05, 0) is 66.1 Å². The van der Waals surface area contributed by atoms with E-state index in [1.165, 1.54) is 12.4 Å². The number of alkyl halides is 3. The molecular weight excluding hydrogens is 424 g/mol. The Labute approximate surface area is 179 Å². The summed E-state index contributed by atoms with van der Waals surface area (Å²) in [7, 11) is 0. The lowest BCUT2D eigenvalue weighted by molar-refractivity contribution is -0.137. The number of halogens is 4. The van der Waals surface area contributed by atoms with Crippen LogP contribution in [0.1, 0.15) is 21.5 Å². The minimum atomic E-state index is -4.66. The van der Waals surface area contributed by atoms with Gasteiger partial charge >= 0.3 is 6.18 Å². The Morgan fingerprint density at radius 3 is 2.53 bits per heavy atom. The summed E-state index contributed by atoms with van der Waals surface area (Å²) in [6, 6.07) is 12.0. The SMILES string of the molecule is Cc1ccc(C(=O)Nc2cc(C(F)(F)F)ccc2F)cc1-c1ccc2ncnc(N)c2c1. The summed E-state index contributed by atoms with van der Waals surface area (Å²) in [5.41, 5.74) is 7.43. The summed E-state index contributed by atoms with van der Waals surface area (Å²) < 4.78 is 52.8. The number of anilines is 2. The summed E-state index contributed by atoms with van der Waals surface area (Å²) in [4.78, 5) is 20.8. The Balaban J connectivity index is 1.69. The molecule has 4 aromatic rings. The van der Waals surface area contributed by atoms with Gasteiger partial charge in [-0.25, -0.2) is 14.4 Å². The lowest BCUT2D eigenvalue weighted by Crippen LogP contribution is -2.14. The Morgan fingerprint density at radius 2 is 1.78 bits per heavy atom. The van der Waals surface area contributed by atoms with Crippen LogP contribution in [-0.4, -0.2) is 15.9 Å². The Bertz CT molecular complexity index is 1350. The highest BCUT2D eigenvalue weighted by molar-refractivity contribution is 6.05. The van der Waals surface area contributed by atoms with Gasteiger partial charge in [0.2, 0.25) is 0 Å². The van der Waals surface area contributed by atoms with Crippen molar-refractivity contribution in [2.75, 3.05) is 11.1 Å². The van der Waals surface area contributed by atoms with Crippen molar-refractivity contribution in [1.29, 1.82) is 0 Å². The quantitative estimate of drug-likeness (QED) is 0.407. The molecule has 9 heteroatoms. The Hall–Kier alpha value is -4.01. The average Bonchev–Trinajstić information content (AvgIpc) is 2.75. The molecule has 32 heavy (non-hydrogen) atoms. The molecule has 0 saturated carbocycles. The van der Waals surface area contributed by atoms with Crippen LogP contribution in [0.3, 0.4) is 0 Å². The molecule has 1 heterocycles. The number of aromatic nitrogens is 2. The zero-order chi connectivity index (χ0) is 23.0. The van der Waals surface area contributed by atoms with Crippen molar-refractivity contribution in [1.82, 2.24) is 9.97 Å². The van der Waals surface area contributed by atoms with Crippen LogP contribution in [0, 0.1) is 12.7 Å². The highest BCUT2D eigenvalue weighted by Crippen LogP contribution is 2.32. The van der Waals surface area contributed by atoms with Gasteiger partial charge in [0.15, 0.2) is 0 Å². The summed E-state index contributed by atoms with van der Waals surface area (Å²) in [6.07, 6.45) is -3.30. The molecule has 0 atom stereocenters.